The van der Waals surface area contributed by atoms with Crippen LogP contribution in [0.1, 0.15) is 17.2 Å². The van der Waals surface area contributed by atoms with Gasteiger partial charge >= 0.3 is 0 Å². The Morgan fingerprint density at radius 2 is 1.84 bits per heavy atom. The van der Waals surface area contributed by atoms with Gasteiger partial charge in [-0.15, -0.1) is 0 Å². The van der Waals surface area contributed by atoms with Gasteiger partial charge in [-0.3, -0.25) is 0 Å². The number of hydrogen-bond acceptors (Lipinski definition) is 2. The molecule has 0 radical (unpaired) electrons. The number of hydrogen-bond donors (Lipinski definition) is 1. The van der Waals surface area contributed by atoms with Crippen molar-refractivity contribution in [1.82, 2.24) is 0 Å². The van der Waals surface area contributed by atoms with E-state index in [1.807, 2.05) is 30.3 Å². The fourth-order valence-electron chi connectivity index (χ4n) is 1.87. The molecule has 19 heavy (non-hydrogen) atoms. The summed E-state index contributed by atoms with van der Waals surface area (Å²) in [5.74, 6) is 0.726. The SMILES string of the molecule is COc1ccc(Cl)cc1C(N)c1cc(Br)ccc1Br. The van der Waals surface area contributed by atoms with Crippen molar-refractivity contribution in [3.05, 3.63) is 61.5 Å². The Kier molecular flexibility index (Phi) is 4.90. The van der Waals surface area contributed by atoms with Crippen LogP contribution >= 0.6 is 43.5 Å². The molecule has 2 nitrogen and oxygen atoms in total. The smallest absolute Gasteiger partial charge is 0.124 e. The molecule has 2 N–H and O–H groups in total. The summed E-state index contributed by atoms with van der Waals surface area (Å²) in [5.41, 5.74) is 8.16. The lowest BCUT2D eigenvalue weighted by atomic mass is 9.99. The number of halogens is 3. The minimum atomic E-state index is -0.319. The average Bonchev–Trinajstić information content (AvgIpc) is 2.40. The summed E-state index contributed by atoms with van der Waals surface area (Å²) in [6, 6.07) is 11.0. The van der Waals surface area contributed by atoms with Crippen molar-refractivity contribution in [1.29, 1.82) is 0 Å². The van der Waals surface area contributed by atoms with E-state index < -0.39 is 0 Å². The molecule has 0 saturated carbocycles. The summed E-state index contributed by atoms with van der Waals surface area (Å²) in [6.07, 6.45) is 0. The minimum Gasteiger partial charge on any atom is -0.496 e. The van der Waals surface area contributed by atoms with Crippen LogP contribution in [0.4, 0.5) is 0 Å². The van der Waals surface area contributed by atoms with Gasteiger partial charge in [-0.25, -0.2) is 0 Å². The first-order chi connectivity index (χ1) is 9.02. The van der Waals surface area contributed by atoms with Crippen molar-refractivity contribution in [2.45, 2.75) is 6.04 Å². The summed E-state index contributed by atoms with van der Waals surface area (Å²) >= 11 is 13.0. The first-order valence-corrected chi connectivity index (χ1v) is 7.53. The Labute approximate surface area is 134 Å². The summed E-state index contributed by atoms with van der Waals surface area (Å²) < 4.78 is 7.27. The van der Waals surface area contributed by atoms with E-state index in [0.29, 0.717) is 5.02 Å². The molecular weight excluding hydrogens is 393 g/mol. The molecular formula is C14H12Br2ClNO. The van der Waals surface area contributed by atoms with Gasteiger partial charge in [-0.1, -0.05) is 43.5 Å². The van der Waals surface area contributed by atoms with Gasteiger partial charge in [-0.05, 0) is 42.0 Å². The van der Waals surface area contributed by atoms with Crippen LogP contribution in [0.15, 0.2) is 45.3 Å². The highest BCUT2D eigenvalue weighted by Crippen LogP contribution is 2.35. The summed E-state index contributed by atoms with van der Waals surface area (Å²) in [7, 11) is 1.62. The van der Waals surface area contributed by atoms with Crippen LogP contribution in [0.5, 0.6) is 5.75 Å². The van der Waals surface area contributed by atoms with E-state index in [4.69, 9.17) is 22.1 Å². The van der Waals surface area contributed by atoms with Crippen molar-refractivity contribution in [2.75, 3.05) is 7.11 Å². The van der Waals surface area contributed by atoms with Crippen LogP contribution in [0.2, 0.25) is 5.02 Å². The second-order valence-electron chi connectivity index (χ2n) is 4.03. The molecule has 0 aliphatic rings. The third-order valence-electron chi connectivity index (χ3n) is 2.82. The normalized spacial score (nSPS) is 12.3. The molecule has 2 aromatic carbocycles. The maximum absolute atomic E-state index is 6.34. The first-order valence-electron chi connectivity index (χ1n) is 5.57. The zero-order chi connectivity index (χ0) is 14.0. The van der Waals surface area contributed by atoms with Crippen LogP contribution < -0.4 is 10.5 Å². The topological polar surface area (TPSA) is 35.2 Å². The van der Waals surface area contributed by atoms with Gasteiger partial charge in [-0.2, -0.15) is 0 Å². The lowest BCUT2D eigenvalue weighted by Crippen LogP contribution is -2.13. The van der Waals surface area contributed by atoms with E-state index in [0.717, 1.165) is 25.8 Å². The number of ether oxygens (including phenoxy) is 1. The highest BCUT2D eigenvalue weighted by molar-refractivity contribution is 9.11. The van der Waals surface area contributed by atoms with Crippen LogP contribution in [-0.2, 0) is 0 Å². The van der Waals surface area contributed by atoms with Gasteiger partial charge in [0.2, 0.25) is 0 Å². The Bertz CT molecular complexity index is 604. The highest BCUT2D eigenvalue weighted by atomic mass is 79.9. The van der Waals surface area contributed by atoms with Crippen LogP contribution in [0.3, 0.4) is 0 Å². The number of rotatable bonds is 3. The molecule has 5 heteroatoms. The van der Waals surface area contributed by atoms with E-state index >= 15 is 0 Å². The second kappa shape index (κ2) is 6.27. The molecule has 100 valence electrons. The highest BCUT2D eigenvalue weighted by Gasteiger charge is 2.17. The van der Waals surface area contributed by atoms with Crippen molar-refractivity contribution in [3.63, 3.8) is 0 Å². The fraction of sp³-hybridized carbons (Fsp3) is 0.143. The second-order valence-corrected chi connectivity index (χ2v) is 6.24. The minimum absolute atomic E-state index is 0.319. The van der Waals surface area contributed by atoms with E-state index in [9.17, 15) is 0 Å². The Morgan fingerprint density at radius 3 is 2.53 bits per heavy atom. The molecule has 0 amide bonds. The molecule has 1 unspecified atom stereocenters. The lowest BCUT2D eigenvalue weighted by Gasteiger charge is -2.18. The van der Waals surface area contributed by atoms with Crippen molar-refractivity contribution < 1.29 is 4.74 Å². The van der Waals surface area contributed by atoms with E-state index in [1.165, 1.54) is 0 Å². The Balaban J connectivity index is 2.51. The average molecular weight is 406 g/mol. The van der Waals surface area contributed by atoms with Gasteiger partial charge in [0.05, 0.1) is 13.2 Å². The monoisotopic (exact) mass is 403 g/mol. The summed E-state index contributed by atoms with van der Waals surface area (Å²) in [4.78, 5) is 0. The van der Waals surface area contributed by atoms with Gasteiger partial charge in [0.25, 0.3) is 0 Å². The number of methoxy groups -OCH3 is 1. The van der Waals surface area contributed by atoms with Crippen LogP contribution in [0, 0.1) is 0 Å². The zero-order valence-electron chi connectivity index (χ0n) is 10.2. The molecule has 2 rings (SSSR count). The Hall–Kier alpha value is -0.550. The van der Waals surface area contributed by atoms with Crippen LogP contribution in [0.25, 0.3) is 0 Å². The molecule has 1 atom stereocenters. The van der Waals surface area contributed by atoms with Crippen molar-refractivity contribution >= 4 is 43.5 Å². The number of benzene rings is 2. The number of nitrogens with two attached hydrogens (primary N) is 1. The summed E-state index contributed by atoms with van der Waals surface area (Å²) in [6.45, 7) is 0. The van der Waals surface area contributed by atoms with Gasteiger partial charge in [0.1, 0.15) is 5.75 Å². The third-order valence-corrected chi connectivity index (χ3v) is 4.27. The van der Waals surface area contributed by atoms with Gasteiger partial charge in [0, 0.05) is 19.5 Å². The van der Waals surface area contributed by atoms with Crippen molar-refractivity contribution in [3.8, 4) is 5.75 Å². The molecule has 0 fully saturated rings. The molecule has 0 saturated heterocycles. The molecule has 0 aromatic heterocycles. The molecule has 0 aliphatic carbocycles. The zero-order valence-corrected chi connectivity index (χ0v) is 14.1. The van der Waals surface area contributed by atoms with E-state index in [1.54, 1.807) is 13.2 Å². The van der Waals surface area contributed by atoms with E-state index in [-0.39, 0.29) is 6.04 Å². The maximum Gasteiger partial charge on any atom is 0.124 e. The van der Waals surface area contributed by atoms with Gasteiger partial charge in [0.15, 0.2) is 0 Å². The van der Waals surface area contributed by atoms with E-state index in [2.05, 4.69) is 31.9 Å². The molecule has 0 aliphatic heterocycles. The third kappa shape index (κ3) is 3.31. The molecule has 0 bridgehead atoms. The predicted octanol–water partition coefficient (Wildman–Crippen LogP) is 4.92. The molecule has 0 spiro atoms. The van der Waals surface area contributed by atoms with Crippen molar-refractivity contribution in [2.24, 2.45) is 5.73 Å². The molecule has 0 heterocycles. The standard InChI is InChI=1S/C14H12Br2ClNO/c1-19-13-5-3-9(17)7-11(13)14(18)10-6-8(15)2-4-12(10)16/h2-7,14H,18H2,1H3. The van der Waals surface area contributed by atoms with Crippen LogP contribution in [-0.4, -0.2) is 7.11 Å². The maximum atomic E-state index is 6.34. The lowest BCUT2D eigenvalue weighted by molar-refractivity contribution is 0.408. The first kappa shape index (κ1) is 14.9. The molecule has 2 aromatic rings. The fourth-order valence-corrected chi connectivity index (χ4v) is 2.92. The van der Waals surface area contributed by atoms with Gasteiger partial charge < -0.3 is 10.5 Å². The quantitative estimate of drug-likeness (QED) is 0.787. The largest absolute Gasteiger partial charge is 0.496 e. The Morgan fingerprint density at radius 1 is 1.11 bits per heavy atom. The predicted molar refractivity (Wildman–Crippen MR) is 85.9 cm³/mol. The summed E-state index contributed by atoms with van der Waals surface area (Å²) in [5, 5.41) is 0.636.